The van der Waals surface area contributed by atoms with E-state index in [1.165, 1.54) is 19.3 Å². The van der Waals surface area contributed by atoms with Gasteiger partial charge in [0, 0.05) is 24.2 Å². The maximum atomic E-state index is 5.44. The lowest BCUT2D eigenvalue weighted by molar-refractivity contribution is 0.346. The van der Waals surface area contributed by atoms with E-state index in [0.717, 1.165) is 29.5 Å². The maximum absolute atomic E-state index is 5.44. The summed E-state index contributed by atoms with van der Waals surface area (Å²) in [4.78, 5) is 0. The summed E-state index contributed by atoms with van der Waals surface area (Å²) in [5.74, 6) is 3.19. The molecule has 20 heavy (non-hydrogen) atoms. The Balaban J connectivity index is 2.04. The summed E-state index contributed by atoms with van der Waals surface area (Å²) in [6.07, 6.45) is 4.05. The van der Waals surface area contributed by atoms with Crippen molar-refractivity contribution >= 4 is 0 Å². The van der Waals surface area contributed by atoms with Crippen LogP contribution in [0.25, 0.3) is 0 Å². The van der Waals surface area contributed by atoms with Crippen LogP contribution in [0.2, 0.25) is 0 Å². The molecule has 112 valence electrons. The van der Waals surface area contributed by atoms with Gasteiger partial charge in [-0.15, -0.1) is 0 Å². The highest BCUT2D eigenvalue weighted by Crippen LogP contribution is 2.35. The fourth-order valence-electron chi connectivity index (χ4n) is 2.45. The van der Waals surface area contributed by atoms with Crippen molar-refractivity contribution in [2.24, 2.45) is 5.92 Å². The van der Waals surface area contributed by atoms with Gasteiger partial charge in [-0.1, -0.05) is 12.8 Å². The van der Waals surface area contributed by atoms with E-state index in [0.29, 0.717) is 11.8 Å². The molecule has 0 aromatic heterocycles. The maximum Gasteiger partial charge on any atom is 0.164 e. The first kappa shape index (κ1) is 15.0. The Labute approximate surface area is 121 Å². The van der Waals surface area contributed by atoms with Crippen LogP contribution in [-0.4, -0.2) is 27.4 Å². The fraction of sp³-hybridized carbons (Fsp3) is 0.625. The first-order valence-electron chi connectivity index (χ1n) is 7.20. The first-order valence-corrected chi connectivity index (χ1v) is 7.20. The second-order valence-electron chi connectivity index (χ2n) is 5.48. The second kappa shape index (κ2) is 6.84. The predicted octanol–water partition coefficient (Wildman–Crippen LogP) is 2.99. The van der Waals surface area contributed by atoms with Crippen molar-refractivity contribution in [3.8, 4) is 17.2 Å². The van der Waals surface area contributed by atoms with Gasteiger partial charge < -0.3 is 19.5 Å². The van der Waals surface area contributed by atoms with Crippen LogP contribution in [-0.2, 0) is 6.54 Å². The summed E-state index contributed by atoms with van der Waals surface area (Å²) in [6.45, 7) is 3.02. The van der Waals surface area contributed by atoms with Gasteiger partial charge in [-0.05, 0) is 25.3 Å². The molecule has 1 N–H and O–H groups in total. The van der Waals surface area contributed by atoms with Crippen molar-refractivity contribution in [3.05, 3.63) is 17.7 Å². The summed E-state index contributed by atoms with van der Waals surface area (Å²) in [6, 6.07) is 4.39. The van der Waals surface area contributed by atoms with E-state index in [9.17, 15) is 0 Å². The van der Waals surface area contributed by atoms with Gasteiger partial charge in [-0.3, -0.25) is 0 Å². The summed E-state index contributed by atoms with van der Waals surface area (Å²) >= 11 is 0. The number of hydrogen-bond donors (Lipinski definition) is 1. The molecule has 4 heteroatoms. The number of rotatable bonds is 8. The van der Waals surface area contributed by atoms with Crippen molar-refractivity contribution in [1.82, 2.24) is 5.32 Å². The second-order valence-corrected chi connectivity index (χ2v) is 5.48. The summed E-state index contributed by atoms with van der Waals surface area (Å²) in [5, 5.41) is 3.56. The van der Waals surface area contributed by atoms with E-state index in [2.05, 4.69) is 12.2 Å². The van der Waals surface area contributed by atoms with E-state index >= 15 is 0 Å². The molecule has 1 aliphatic carbocycles. The Morgan fingerprint density at radius 2 is 1.65 bits per heavy atom. The van der Waals surface area contributed by atoms with E-state index in [-0.39, 0.29) is 0 Å². The molecule has 0 heterocycles. The zero-order chi connectivity index (χ0) is 14.5. The molecule has 0 aliphatic heterocycles. The molecule has 0 radical (unpaired) electrons. The van der Waals surface area contributed by atoms with Crippen molar-refractivity contribution in [1.29, 1.82) is 0 Å². The van der Waals surface area contributed by atoms with Crippen LogP contribution in [0, 0.1) is 5.92 Å². The Hall–Kier alpha value is -1.42. The van der Waals surface area contributed by atoms with Crippen LogP contribution in [0.15, 0.2) is 12.1 Å². The SMILES string of the molecule is COc1cc(OC)c(OC)cc1CNC(C)CC1CC1. The summed E-state index contributed by atoms with van der Waals surface area (Å²) in [5.41, 5.74) is 1.09. The quantitative estimate of drug-likeness (QED) is 0.794. The Morgan fingerprint density at radius 1 is 1.05 bits per heavy atom. The minimum absolute atomic E-state index is 0.528. The summed E-state index contributed by atoms with van der Waals surface area (Å²) in [7, 11) is 4.96. The molecule has 0 saturated heterocycles. The number of methoxy groups -OCH3 is 3. The van der Waals surface area contributed by atoms with Gasteiger partial charge in [-0.25, -0.2) is 0 Å². The molecule has 0 bridgehead atoms. The molecular formula is C16H25NO3. The van der Waals surface area contributed by atoms with Gasteiger partial charge in [-0.2, -0.15) is 0 Å². The molecule has 1 aliphatic rings. The molecule has 1 fully saturated rings. The van der Waals surface area contributed by atoms with Crippen LogP contribution >= 0.6 is 0 Å². The third-order valence-electron chi connectivity index (χ3n) is 3.81. The monoisotopic (exact) mass is 279 g/mol. The third-order valence-corrected chi connectivity index (χ3v) is 3.81. The highest BCUT2D eigenvalue weighted by Gasteiger charge is 2.23. The molecule has 0 spiro atoms. The largest absolute Gasteiger partial charge is 0.496 e. The Morgan fingerprint density at radius 3 is 2.20 bits per heavy atom. The Bertz CT molecular complexity index is 444. The standard InChI is InChI=1S/C16H25NO3/c1-11(7-12-5-6-12)17-10-13-8-15(19-3)16(20-4)9-14(13)18-2/h8-9,11-12,17H,5-7,10H2,1-4H3. The minimum Gasteiger partial charge on any atom is -0.496 e. The number of ether oxygens (including phenoxy) is 3. The Kier molecular flexibility index (Phi) is 5.12. The zero-order valence-corrected chi connectivity index (χ0v) is 12.9. The topological polar surface area (TPSA) is 39.7 Å². The smallest absolute Gasteiger partial charge is 0.164 e. The van der Waals surface area contributed by atoms with E-state index in [1.54, 1.807) is 21.3 Å². The minimum atomic E-state index is 0.528. The summed E-state index contributed by atoms with van der Waals surface area (Å²) < 4.78 is 16.1. The fourth-order valence-corrected chi connectivity index (χ4v) is 2.45. The molecule has 1 saturated carbocycles. The molecule has 1 aromatic rings. The lowest BCUT2D eigenvalue weighted by Gasteiger charge is -2.17. The van der Waals surface area contributed by atoms with Crippen molar-refractivity contribution in [2.45, 2.75) is 38.8 Å². The number of hydrogen-bond acceptors (Lipinski definition) is 4. The van der Waals surface area contributed by atoms with Crippen LogP contribution < -0.4 is 19.5 Å². The van der Waals surface area contributed by atoms with E-state index < -0.39 is 0 Å². The van der Waals surface area contributed by atoms with Gasteiger partial charge >= 0.3 is 0 Å². The van der Waals surface area contributed by atoms with Crippen LogP contribution in [0.3, 0.4) is 0 Å². The molecule has 1 unspecified atom stereocenters. The van der Waals surface area contributed by atoms with Crippen LogP contribution in [0.5, 0.6) is 17.2 Å². The predicted molar refractivity (Wildman–Crippen MR) is 79.7 cm³/mol. The first-order chi connectivity index (χ1) is 9.67. The number of benzene rings is 1. The number of nitrogens with one attached hydrogen (secondary N) is 1. The van der Waals surface area contributed by atoms with Crippen molar-refractivity contribution in [2.75, 3.05) is 21.3 Å². The van der Waals surface area contributed by atoms with Gasteiger partial charge in [0.25, 0.3) is 0 Å². The molecule has 1 atom stereocenters. The van der Waals surface area contributed by atoms with Gasteiger partial charge in [0.15, 0.2) is 11.5 Å². The van der Waals surface area contributed by atoms with E-state index in [4.69, 9.17) is 14.2 Å². The average Bonchev–Trinajstić information content (AvgIpc) is 3.27. The van der Waals surface area contributed by atoms with Gasteiger partial charge in [0.1, 0.15) is 5.75 Å². The third kappa shape index (κ3) is 3.79. The molecule has 1 aromatic carbocycles. The highest BCUT2D eigenvalue weighted by molar-refractivity contribution is 5.50. The molecular weight excluding hydrogens is 254 g/mol. The van der Waals surface area contributed by atoms with Crippen LogP contribution in [0.4, 0.5) is 0 Å². The highest BCUT2D eigenvalue weighted by atomic mass is 16.5. The lowest BCUT2D eigenvalue weighted by atomic mass is 10.1. The molecule has 4 nitrogen and oxygen atoms in total. The zero-order valence-electron chi connectivity index (χ0n) is 12.9. The molecule has 0 amide bonds. The normalized spacial score (nSPS) is 15.8. The average molecular weight is 279 g/mol. The van der Waals surface area contributed by atoms with E-state index in [1.807, 2.05) is 12.1 Å². The van der Waals surface area contributed by atoms with Crippen molar-refractivity contribution in [3.63, 3.8) is 0 Å². The van der Waals surface area contributed by atoms with Gasteiger partial charge in [0.05, 0.1) is 21.3 Å². The lowest BCUT2D eigenvalue weighted by Crippen LogP contribution is -2.26. The van der Waals surface area contributed by atoms with Crippen LogP contribution in [0.1, 0.15) is 31.7 Å². The van der Waals surface area contributed by atoms with Crippen molar-refractivity contribution < 1.29 is 14.2 Å². The molecule has 2 rings (SSSR count). The van der Waals surface area contributed by atoms with Gasteiger partial charge in [0.2, 0.25) is 0 Å².